The Kier molecular flexibility index (Phi) is 3.98. The Labute approximate surface area is 134 Å². The molecule has 0 bridgehead atoms. The number of aliphatic hydroxyl groups excluding tert-OH is 1. The molecule has 0 saturated carbocycles. The van der Waals surface area contributed by atoms with Crippen molar-refractivity contribution in [3.63, 3.8) is 0 Å². The van der Waals surface area contributed by atoms with Gasteiger partial charge in [0, 0.05) is 22.5 Å². The van der Waals surface area contributed by atoms with Gasteiger partial charge in [-0.2, -0.15) is 4.98 Å². The van der Waals surface area contributed by atoms with Crippen LogP contribution in [-0.2, 0) is 11.2 Å². The molecule has 0 atom stereocenters. The number of carbonyl (C=O) groups excluding carboxylic acids is 1. The van der Waals surface area contributed by atoms with Crippen LogP contribution in [0.4, 0.5) is 0 Å². The van der Waals surface area contributed by atoms with Crippen LogP contribution in [0.15, 0.2) is 10.2 Å². The molecule has 0 aliphatic carbocycles. The van der Waals surface area contributed by atoms with Crippen LogP contribution in [0.25, 0.3) is 15.2 Å². The molecule has 0 saturated heterocycles. The number of rotatable bonds is 4. The van der Waals surface area contributed by atoms with Crippen molar-refractivity contribution in [3.05, 3.63) is 31.9 Å². The highest BCUT2D eigenvalue weighted by molar-refractivity contribution is 7.19. The van der Waals surface area contributed by atoms with Gasteiger partial charge < -0.3 is 10.4 Å². The standard InChI is InChI=1S/C14H15N3O3S2/c1-7-8(2)22-13-11(7)12(20)16-14-17(13)9(6-21-14)5-10(19)15-3-4-18/h6,18H,3-5H2,1-2H3,(H,15,19). The number of thiazole rings is 1. The van der Waals surface area contributed by atoms with Gasteiger partial charge in [0.05, 0.1) is 18.4 Å². The first-order valence-electron chi connectivity index (χ1n) is 6.79. The first-order valence-corrected chi connectivity index (χ1v) is 8.49. The summed E-state index contributed by atoms with van der Waals surface area (Å²) in [7, 11) is 0. The third-order valence-corrected chi connectivity index (χ3v) is 5.60. The molecule has 0 fully saturated rings. The molecule has 0 unspecified atom stereocenters. The van der Waals surface area contributed by atoms with Crippen molar-refractivity contribution in [3.8, 4) is 0 Å². The van der Waals surface area contributed by atoms with Crippen LogP contribution < -0.4 is 10.9 Å². The van der Waals surface area contributed by atoms with Crippen LogP contribution in [0.1, 0.15) is 16.1 Å². The monoisotopic (exact) mass is 337 g/mol. The quantitative estimate of drug-likeness (QED) is 0.750. The van der Waals surface area contributed by atoms with Crippen LogP contribution in [0.2, 0.25) is 0 Å². The summed E-state index contributed by atoms with van der Waals surface area (Å²) >= 11 is 2.90. The van der Waals surface area contributed by atoms with Gasteiger partial charge in [0.2, 0.25) is 5.91 Å². The summed E-state index contributed by atoms with van der Waals surface area (Å²) in [5.41, 5.74) is 1.54. The van der Waals surface area contributed by atoms with E-state index in [4.69, 9.17) is 5.11 Å². The molecule has 8 heteroatoms. The lowest BCUT2D eigenvalue weighted by Crippen LogP contribution is -2.28. The lowest BCUT2D eigenvalue weighted by atomic mass is 10.2. The number of nitrogens with one attached hydrogen (secondary N) is 1. The maximum absolute atomic E-state index is 12.2. The third-order valence-electron chi connectivity index (χ3n) is 3.54. The van der Waals surface area contributed by atoms with Gasteiger partial charge in [0.15, 0.2) is 4.96 Å². The van der Waals surface area contributed by atoms with Crippen molar-refractivity contribution in [1.29, 1.82) is 0 Å². The average Bonchev–Trinajstić information content (AvgIpc) is 2.99. The van der Waals surface area contributed by atoms with Gasteiger partial charge in [0.1, 0.15) is 4.83 Å². The van der Waals surface area contributed by atoms with E-state index in [1.807, 2.05) is 23.6 Å². The van der Waals surface area contributed by atoms with Crippen molar-refractivity contribution in [1.82, 2.24) is 14.7 Å². The Bertz CT molecular complexity index is 923. The number of thiophene rings is 1. The second kappa shape index (κ2) is 5.79. The zero-order valence-electron chi connectivity index (χ0n) is 12.2. The minimum absolute atomic E-state index is 0.0854. The molecule has 22 heavy (non-hydrogen) atoms. The molecule has 3 aromatic rings. The van der Waals surface area contributed by atoms with Crippen LogP contribution in [0, 0.1) is 13.8 Å². The predicted molar refractivity (Wildman–Crippen MR) is 88.0 cm³/mol. The predicted octanol–water partition coefficient (Wildman–Crippen LogP) is 1.24. The second-order valence-corrected chi connectivity index (χ2v) is 7.02. The molecule has 0 aliphatic heterocycles. The number of aliphatic hydroxyl groups is 1. The number of amides is 1. The topological polar surface area (TPSA) is 83.7 Å². The fraction of sp³-hybridized carbons (Fsp3) is 0.357. The molecule has 116 valence electrons. The van der Waals surface area contributed by atoms with Crippen molar-refractivity contribution in [2.75, 3.05) is 13.2 Å². The molecule has 0 spiro atoms. The van der Waals surface area contributed by atoms with E-state index in [9.17, 15) is 9.59 Å². The van der Waals surface area contributed by atoms with Gasteiger partial charge in [-0.3, -0.25) is 14.0 Å². The van der Waals surface area contributed by atoms with E-state index in [2.05, 4.69) is 10.3 Å². The maximum Gasteiger partial charge on any atom is 0.282 e. The molecule has 0 radical (unpaired) electrons. The van der Waals surface area contributed by atoms with E-state index >= 15 is 0 Å². The molecule has 2 N–H and O–H groups in total. The number of nitrogens with zero attached hydrogens (tertiary/aromatic N) is 2. The second-order valence-electron chi connectivity index (χ2n) is 4.98. The normalized spacial score (nSPS) is 11.4. The van der Waals surface area contributed by atoms with E-state index < -0.39 is 0 Å². The van der Waals surface area contributed by atoms with Crippen molar-refractivity contribution in [2.24, 2.45) is 0 Å². The van der Waals surface area contributed by atoms with Gasteiger partial charge in [0.25, 0.3) is 5.56 Å². The Morgan fingerprint density at radius 2 is 2.23 bits per heavy atom. The molecule has 0 aliphatic rings. The van der Waals surface area contributed by atoms with Crippen LogP contribution in [0.5, 0.6) is 0 Å². The van der Waals surface area contributed by atoms with E-state index in [1.165, 1.54) is 11.3 Å². The summed E-state index contributed by atoms with van der Waals surface area (Å²) in [4.78, 5) is 30.7. The van der Waals surface area contributed by atoms with E-state index in [0.717, 1.165) is 21.0 Å². The Hall–Kier alpha value is -1.77. The number of aryl methyl sites for hydroxylation is 2. The Morgan fingerprint density at radius 3 is 2.95 bits per heavy atom. The summed E-state index contributed by atoms with van der Waals surface area (Å²) in [6.07, 6.45) is 0.190. The third kappa shape index (κ3) is 2.43. The number of aromatic nitrogens is 2. The SMILES string of the molecule is Cc1sc2c(c1C)c(=O)nc1scc(CC(=O)NCCO)n12. The molecule has 3 heterocycles. The minimum Gasteiger partial charge on any atom is -0.395 e. The van der Waals surface area contributed by atoms with E-state index in [-0.39, 0.29) is 31.0 Å². The van der Waals surface area contributed by atoms with Crippen LogP contribution >= 0.6 is 22.7 Å². The highest BCUT2D eigenvalue weighted by Gasteiger charge is 2.17. The fourth-order valence-corrected chi connectivity index (χ4v) is 4.47. The van der Waals surface area contributed by atoms with E-state index in [1.54, 1.807) is 11.3 Å². The summed E-state index contributed by atoms with van der Waals surface area (Å²) in [6.45, 7) is 4.05. The summed E-state index contributed by atoms with van der Waals surface area (Å²) in [5.74, 6) is -0.161. The van der Waals surface area contributed by atoms with Gasteiger partial charge >= 0.3 is 0 Å². The van der Waals surface area contributed by atoms with Crippen molar-refractivity contribution >= 4 is 43.8 Å². The molecule has 1 amide bonds. The first kappa shape index (κ1) is 15.1. The van der Waals surface area contributed by atoms with Crippen LogP contribution in [0.3, 0.4) is 0 Å². The summed E-state index contributed by atoms with van der Waals surface area (Å²) < 4.78 is 1.89. The number of hydrogen-bond donors (Lipinski definition) is 2. The van der Waals surface area contributed by atoms with Gasteiger partial charge in [-0.05, 0) is 19.4 Å². The molecular weight excluding hydrogens is 322 g/mol. The smallest absolute Gasteiger partial charge is 0.282 e. The van der Waals surface area contributed by atoms with Crippen LogP contribution in [-0.4, -0.2) is 33.6 Å². The zero-order chi connectivity index (χ0) is 15.9. The van der Waals surface area contributed by atoms with E-state index in [0.29, 0.717) is 10.3 Å². The molecule has 6 nitrogen and oxygen atoms in total. The molecule has 3 aromatic heterocycles. The van der Waals surface area contributed by atoms with Gasteiger partial charge in [-0.1, -0.05) is 0 Å². The number of hydrogen-bond acceptors (Lipinski definition) is 6. The highest BCUT2D eigenvalue weighted by atomic mass is 32.1. The fourth-order valence-electron chi connectivity index (χ4n) is 2.35. The Balaban J connectivity index is 2.15. The lowest BCUT2D eigenvalue weighted by molar-refractivity contribution is -0.120. The zero-order valence-corrected chi connectivity index (χ0v) is 13.8. The maximum atomic E-state index is 12.2. The summed E-state index contributed by atoms with van der Waals surface area (Å²) in [5, 5.41) is 13.9. The highest BCUT2D eigenvalue weighted by Crippen LogP contribution is 2.30. The van der Waals surface area contributed by atoms with Crippen molar-refractivity contribution < 1.29 is 9.90 Å². The van der Waals surface area contributed by atoms with Crippen molar-refractivity contribution in [2.45, 2.75) is 20.3 Å². The summed E-state index contributed by atoms with van der Waals surface area (Å²) in [6, 6.07) is 0. The minimum atomic E-state index is -0.213. The molecular formula is C14H15N3O3S2. The van der Waals surface area contributed by atoms with Gasteiger partial charge in [-0.15, -0.1) is 22.7 Å². The Morgan fingerprint density at radius 1 is 1.45 bits per heavy atom. The molecule has 0 aromatic carbocycles. The number of carbonyl (C=O) groups is 1. The lowest BCUT2D eigenvalue weighted by Gasteiger charge is -2.04. The largest absolute Gasteiger partial charge is 0.395 e. The average molecular weight is 337 g/mol. The number of fused-ring (bicyclic) bond motifs is 3. The first-order chi connectivity index (χ1) is 10.5. The van der Waals surface area contributed by atoms with Gasteiger partial charge in [-0.25, -0.2) is 0 Å². The molecule has 3 rings (SSSR count).